The van der Waals surface area contributed by atoms with Gasteiger partial charge >= 0.3 is 5.97 Å². The molecule has 0 aromatic heterocycles. The SMILES string of the molecule is C=CC(=O)OC(C)OC(C)c1ccccc1-c1ccccc1. The number of carbonyl (C=O) groups is 1. The molecule has 0 spiro atoms. The van der Waals surface area contributed by atoms with Gasteiger partial charge in [0, 0.05) is 6.08 Å². The van der Waals surface area contributed by atoms with Crippen LogP contribution in [0.25, 0.3) is 11.1 Å². The first-order valence-corrected chi connectivity index (χ1v) is 7.24. The first-order valence-electron chi connectivity index (χ1n) is 7.24. The number of hydrogen-bond acceptors (Lipinski definition) is 3. The molecule has 0 saturated heterocycles. The van der Waals surface area contributed by atoms with Gasteiger partial charge in [-0.05, 0) is 30.5 Å². The zero-order valence-electron chi connectivity index (χ0n) is 12.9. The largest absolute Gasteiger partial charge is 0.433 e. The van der Waals surface area contributed by atoms with Gasteiger partial charge in [-0.3, -0.25) is 0 Å². The molecule has 0 bridgehead atoms. The summed E-state index contributed by atoms with van der Waals surface area (Å²) in [4.78, 5) is 11.2. The molecule has 0 radical (unpaired) electrons. The lowest BCUT2D eigenvalue weighted by Crippen LogP contribution is -2.18. The summed E-state index contributed by atoms with van der Waals surface area (Å²) in [7, 11) is 0. The number of esters is 1. The Morgan fingerprint density at radius 1 is 1.05 bits per heavy atom. The van der Waals surface area contributed by atoms with Crippen LogP contribution < -0.4 is 0 Å². The van der Waals surface area contributed by atoms with Crippen LogP contribution in [0.3, 0.4) is 0 Å². The van der Waals surface area contributed by atoms with Gasteiger partial charge in [0.25, 0.3) is 0 Å². The average molecular weight is 296 g/mol. The molecule has 2 rings (SSSR count). The Morgan fingerprint density at radius 3 is 2.36 bits per heavy atom. The summed E-state index contributed by atoms with van der Waals surface area (Å²) in [6.45, 7) is 7.02. The van der Waals surface area contributed by atoms with E-state index in [4.69, 9.17) is 9.47 Å². The van der Waals surface area contributed by atoms with E-state index in [1.54, 1.807) is 6.92 Å². The second-order valence-electron chi connectivity index (χ2n) is 4.94. The van der Waals surface area contributed by atoms with Crippen molar-refractivity contribution in [1.29, 1.82) is 0 Å². The van der Waals surface area contributed by atoms with Gasteiger partial charge in [0.05, 0.1) is 6.10 Å². The van der Waals surface area contributed by atoms with E-state index >= 15 is 0 Å². The quantitative estimate of drug-likeness (QED) is 0.447. The van der Waals surface area contributed by atoms with E-state index in [1.165, 1.54) is 0 Å². The summed E-state index contributed by atoms with van der Waals surface area (Å²) < 4.78 is 10.8. The van der Waals surface area contributed by atoms with Crippen LogP contribution >= 0.6 is 0 Å². The average Bonchev–Trinajstić information content (AvgIpc) is 2.55. The van der Waals surface area contributed by atoms with Crippen molar-refractivity contribution >= 4 is 5.97 Å². The Hall–Kier alpha value is -2.39. The molecule has 0 aliphatic rings. The molecule has 0 amide bonds. The molecular weight excluding hydrogens is 276 g/mol. The third-order valence-electron chi connectivity index (χ3n) is 3.33. The van der Waals surface area contributed by atoms with E-state index in [2.05, 4.69) is 24.8 Å². The van der Waals surface area contributed by atoms with Crippen LogP contribution in [0.15, 0.2) is 67.3 Å². The van der Waals surface area contributed by atoms with Crippen molar-refractivity contribution in [3.05, 3.63) is 72.8 Å². The predicted octanol–water partition coefficient (Wildman–Crippen LogP) is 4.51. The minimum absolute atomic E-state index is 0.205. The third-order valence-corrected chi connectivity index (χ3v) is 3.33. The van der Waals surface area contributed by atoms with E-state index in [1.807, 2.05) is 43.3 Å². The van der Waals surface area contributed by atoms with Crippen LogP contribution in [-0.2, 0) is 14.3 Å². The molecule has 0 fully saturated rings. The summed E-state index contributed by atoms with van der Waals surface area (Å²) in [5.74, 6) is -0.490. The summed E-state index contributed by atoms with van der Waals surface area (Å²) >= 11 is 0. The van der Waals surface area contributed by atoms with E-state index in [0.717, 1.165) is 22.8 Å². The first-order chi connectivity index (χ1) is 10.6. The lowest BCUT2D eigenvalue weighted by Gasteiger charge is -2.21. The second-order valence-corrected chi connectivity index (χ2v) is 4.94. The molecule has 0 aliphatic carbocycles. The fourth-order valence-corrected chi connectivity index (χ4v) is 2.33. The Kier molecular flexibility index (Phi) is 5.50. The molecule has 2 aromatic carbocycles. The van der Waals surface area contributed by atoms with E-state index in [9.17, 15) is 4.79 Å². The minimum atomic E-state index is -0.635. The van der Waals surface area contributed by atoms with Gasteiger partial charge < -0.3 is 9.47 Å². The van der Waals surface area contributed by atoms with Crippen LogP contribution in [-0.4, -0.2) is 12.3 Å². The summed E-state index contributed by atoms with van der Waals surface area (Å²) in [6.07, 6.45) is 0.288. The Labute approximate surface area is 131 Å². The maximum Gasteiger partial charge on any atom is 0.332 e. The number of hydrogen-bond donors (Lipinski definition) is 0. The van der Waals surface area contributed by atoms with Gasteiger partial charge in [0.1, 0.15) is 0 Å². The molecule has 2 aromatic rings. The van der Waals surface area contributed by atoms with E-state index < -0.39 is 12.3 Å². The predicted molar refractivity (Wildman–Crippen MR) is 87.1 cm³/mol. The first kappa shape index (κ1) is 16.0. The van der Waals surface area contributed by atoms with Crippen LogP contribution in [0.4, 0.5) is 0 Å². The van der Waals surface area contributed by atoms with Crippen molar-refractivity contribution in [3.8, 4) is 11.1 Å². The normalized spacial score (nSPS) is 13.2. The molecule has 3 heteroatoms. The fraction of sp³-hybridized carbons (Fsp3) is 0.211. The molecule has 2 unspecified atom stereocenters. The van der Waals surface area contributed by atoms with E-state index in [0.29, 0.717) is 0 Å². The van der Waals surface area contributed by atoms with Crippen LogP contribution in [0.1, 0.15) is 25.5 Å². The highest BCUT2D eigenvalue weighted by atomic mass is 16.7. The number of benzene rings is 2. The molecule has 3 nitrogen and oxygen atoms in total. The van der Waals surface area contributed by atoms with Gasteiger partial charge in [-0.2, -0.15) is 0 Å². The highest BCUT2D eigenvalue weighted by Crippen LogP contribution is 2.30. The van der Waals surface area contributed by atoms with E-state index in [-0.39, 0.29) is 6.10 Å². The molecule has 2 atom stereocenters. The van der Waals surface area contributed by atoms with Crippen LogP contribution in [0.5, 0.6) is 0 Å². The monoisotopic (exact) mass is 296 g/mol. The van der Waals surface area contributed by atoms with Gasteiger partial charge in [0.2, 0.25) is 6.29 Å². The fourth-order valence-electron chi connectivity index (χ4n) is 2.33. The van der Waals surface area contributed by atoms with Crippen molar-refractivity contribution in [2.24, 2.45) is 0 Å². The second kappa shape index (κ2) is 7.57. The maximum atomic E-state index is 11.2. The van der Waals surface area contributed by atoms with Crippen molar-refractivity contribution in [3.63, 3.8) is 0 Å². The Bertz CT molecular complexity index is 634. The number of ether oxygens (including phenoxy) is 2. The van der Waals surface area contributed by atoms with Crippen molar-refractivity contribution in [1.82, 2.24) is 0 Å². The van der Waals surface area contributed by atoms with Crippen molar-refractivity contribution < 1.29 is 14.3 Å². The Balaban J connectivity index is 2.18. The van der Waals surface area contributed by atoms with Gasteiger partial charge in [0.15, 0.2) is 0 Å². The maximum absolute atomic E-state index is 11.2. The van der Waals surface area contributed by atoms with Crippen molar-refractivity contribution in [2.75, 3.05) is 0 Å². The molecule has 0 saturated carbocycles. The zero-order chi connectivity index (χ0) is 15.9. The van der Waals surface area contributed by atoms with Gasteiger partial charge in [-0.25, -0.2) is 4.79 Å². The smallest absolute Gasteiger partial charge is 0.332 e. The number of carbonyl (C=O) groups excluding carboxylic acids is 1. The highest BCUT2D eigenvalue weighted by Gasteiger charge is 2.16. The molecule has 22 heavy (non-hydrogen) atoms. The molecular formula is C19H20O3. The lowest BCUT2D eigenvalue weighted by molar-refractivity contribution is -0.178. The Morgan fingerprint density at radius 2 is 1.68 bits per heavy atom. The molecule has 114 valence electrons. The third kappa shape index (κ3) is 4.06. The summed E-state index contributed by atoms with van der Waals surface area (Å²) in [5, 5.41) is 0. The number of rotatable bonds is 6. The van der Waals surface area contributed by atoms with Crippen LogP contribution in [0.2, 0.25) is 0 Å². The minimum Gasteiger partial charge on any atom is -0.433 e. The zero-order valence-corrected chi connectivity index (χ0v) is 12.9. The summed E-state index contributed by atoms with van der Waals surface area (Å²) in [6, 6.07) is 18.2. The van der Waals surface area contributed by atoms with Crippen molar-refractivity contribution in [2.45, 2.75) is 26.2 Å². The topological polar surface area (TPSA) is 35.5 Å². The van der Waals surface area contributed by atoms with Gasteiger partial charge in [-0.15, -0.1) is 0 Å². The molecule has 0 aliphatic heterocycles. The highest BCUT2D eigenvalue weighted by molar-refractivity contribution is 5.81. The molecule has 0 heterocycles. The lowest BCUT2D eigenvalue weighted by atomic mass is 9.97. The standard InChI is InChI=1S/C19H20O3/c1-4-19(20)22-15(3)21-14(2)17-12-8-9-13-18(17)16-10-6-5-7-11-16/h4-15H,1H2,2-3H3. The summed E-state index contributed by atoms with van der Waals surface area (Å²) in [5.41, 5.74) is 3.29. The molecule has 0 N–H and O–H groups in total. The van der Waals surface area contributed by atoms with Crippen LogP contribution in [0, 0.1) is 0 Å². The van der Waals surface area contributed by atoms with Gasteiger partial charge in [-0.1, -0.05) is 61.2 Å².